The van der Waals surface area contributed by atoms with Gasteiger partial charge in [-0.1, -0.05) is 32.4 Å². The van der Waals surface area contributed by atoms with E-state index in [2.05, 4.69) is 47.0 Å². The maximum absolute atomic E-state index is 13.3. The lowest BCUT2D eigenvalue weighted by Crippen LogP contribution is -2.58. The van der Waals surface area contributed by atoms with Crippen LogP contribution in [0.2, 0.25) is 5.02 Å². The van der Waals surface area contributed by atoms with Crippen molar-refractivity contribution in [3.05, 3.63) is 46.7 Å². The Morgan fingerprint density at radius 3 is 2.52 bits per heavy atom. The summed E-state index contributed by atoms with van der Waals surface area (Å²) in [7, 11) is 0. The number of halogens is 1. The lowest BCUT2D eigenvalue weighted by molar-refractivity contribution is -0.482. The monoisotopic (exact) mass is 594 g/mol. The number of hydrogen-bond donors (Lipinski definition) is 2. The molecule has 2 amide bonds. The fourth-order valence-corrected chi connectivity index (χ4v) is 6.24. The molecule has 0 bridgehead atoms. The smallest absolute Gasteiger partial charge is 0.400 e. The Balaban J connectivity index is 1.16. The van der Waals surface area contributed by atoms with E-state index in [-0.39, 0.29) is 35.3 Å². The number of piperazine rings is 1. The average Bonchev–Trinajstić information content (AvgIpc) is 2.95. The van der Waals surface area contributed by atoms with Gasteiger partial charge in [0.05, 0.1) is 16.1 Å². The molecule has 42 heavy (non-hydrogen) atoms. The molecular formula is C30H37ClN7O4+. The van der Waals surface area contributed by atoms with Gasteiger partial charge in [-0.05, 0) is 30.9 Å². The van der Waals surface area contributed by atoms with Crippen molar-refractivity contribution >= 4 is 35.6 Å². The van der Waals surface area contributed by atoms with E-state index in [9.17, 15) is 14.7 Å². The molecule has 1 aromatic carbocycles. The summed E-state index contributed by atoms with van der Waals surface area (Å²) < 4.78 is 7.89. The third-order valence-electron chi connectivity index (χ3n) is 8.68. The second-order valence-electron chi connectivity index (χ2n) is 12.0. The summed E-state index contributed by atoms with van der Waals surface area (Å²) in [6.45, 7) is 9.75. The predicted octanol–water partition coefficient (Wildman–Crippen LogP) is 2.11. The van der Waals surface area contributed by atoms with Crippen LogP contribution in [-0.4, -0.2) is 100 Å². The molecule has 1 aliphatic carbocycles. The summed E-state index contributed by atoms with van der Waals surface area (Å²) in [4.78, 5) is 38.7. The predicted molar refractivity (Wildman–Crippen MR) is 157 cm³/mol. The van der Waals surface area contributed by atoms with Crippen molar-refractivity contribution in [2.24, 2.45) is 11.3 Å². The van der Waals surface area contributed by atoms with Crippen LogP contribution in [0.25, 0.3) is 0 Å². The number of carbonyl (C=O) groups excluding carboxylic acids is 2. The molecule has 222 valence electrons. The summed E-state index contributed by atoms with van der Waals surface area (Å²) in [5.41, 5.74) is 0.403. The Bertz CT molecular complexity index is 1400. The van der Waals surface area contributed by atoms with Crippen LogP contribution in [0, 0.1) is 22.7 Å². The van der Waals surface area contributed by atoms with E-state index >= 15 is 0 Å². The van der Waals surface area contributed by atoms with Gasteiger partial charge in [0.25, 0.3) is 5.91 Å². The number of nitrogens with one attached hydrogen (secondary N) is 1. The van der Waals surface area contributed by atoms with Crippen LogP contribution in [0.1, 0.15) is 49.5 Å². The second kappa shape index (κ2) is 12.3. The van der Waals surface area contributed by atoms with Crippen molar-refractivity contribution in [2.75, 3.05) is 44.2 Å². The first-order valence-corrected chi connectivity index (χ1v) is 14.7. The van der Waals surface area contributed by atoms with Crippen LogP contribution in [0.15, 0.2) is 30.6 Å². The molecule has 4 atom stereocenters. The number of rotatable bonds is 7. The zero-order chi connectivity index (χ0) is 30.0. The van der Waals surface area contributed by atoms with Gasteiger partial charge in [0.1, 0.15) is 24.5 Å². The van der Waals surface area contributed by atoms with E-state index in [1.807, 2.05) is 4.90 Å². The van der Waals surface area contributed by atoms with Gasteiger partial charge in [-0.2, -0.15) is 9.84 Å². The van der Waals surface area contributed by atoms with Crippen LogP contribution in [0.5, 0.6) is 5.75 Å². The first-order valence-electron chi connectivity index (χ1n) is 14.3. The minimum atomic E-state index is -0.517. The first kappa shape index (κ1) is 29.9. The maximum Gasteiger partial charge on any atom is 0.400 e. The minimum Gasteiger partial charge on any atom is -0.490 e. The fourth-order valence-electron chi connectivity index (χ4n) is 6.03. The normalized spacial score (nSPS) is 25.5. The van der Waals surface area contributed by atoms with Crippen LogP contribution >= 0.6 is 11.6 Å². The zero-order valence-electron chi connectivity index (χ0n) is 24.2. The van der Waals surface area contributed by atoms with E-state index in [1.54, 1.807) is 41.4 Å². The topological polar surface area (TPSA) is 135 Å². The highest BCUT2D eigenvalue weighted by Crippen LogP contribution is 2.41. The molecule has 1 saturated heterocycles. The molecule has 2 fully saturated rings. The Labute approximate surface area is 250 Å². The number of nitriles is 1. The van der Waals surface area contributed by atoms with Crippen molar-refractivity contribution in [1.29, 1.82) is 5.26 Å². The molecule has 5 rings (SSSR count). The summed E-state index contributed by atoms with van der Waals surface area (Å²) in [6.07, 6.45) is 5.70. The van der Waals surface area contributed by atoms with Crippen LogP contribution in [0.3, 0.4) is 0 Å². The van der Waals surface area contributed by atoms with Gasteiger partial charge in [-0.15, -0.1) is 0 Å². The summed E-state index contributed by atoms with van der Waals surface area (Å²) >= 11 is 6.21. The lowest BCUT2D eigenvalue weighted by atomic mass is 9.66. The fraction of sp³-hybridized carbons (Fsp3) is 0.533. The number of benzene rings is 1. The minimum absolute atomic E-state index is 0.00707. The molecule has 2 aromatic rings. The molecule has 1 saturated carbocycles. The molecule has 1 aromatic heterocycles. The van der Waals surface area contributed by atoms with Crippen molar-refractivity contribution in [3.63, 3.8) is 0 Å². The largest absolute Gasteiger partial charge is 0.490 e. The summed E-state index contributed by atoms with van der Waals surface area (Å²) in [5, 5.41) is 22.1. The third-order valence-corrected chi connectivity index (χ3v) is 8.99. The van der Waals surface area contributed by atoms with Crippen LogP contribution in [-0.2, 0) is 4.79 Å². The lowest BCUT2D eigenvalue weighted by Gasteiger charge is -2.48. The number of carbonyl (C=O) groups is 2. The molecule has 0 radical (unpaired) electrons. The Morgan fingerprint density at radius 2 is 1.90 bits per heavy atom. The van der Waals surface area contributed by atoms with E-state index < -0.39 is 6.10 Å². The van der Waals surface area contributed by atoms with Crippen molar-refractivity contribution in [3.8, 4) is 11.8 Å². The molecule has 2 unspecified atom stereocenters. The highest BCUT2D eigenvalue weighted by Gasteiger charge is 2.46. The Morgan fingerprint density at radius 1 is 1.21 bits per heavy atom. The van der Waals surface area contributed by atoms with E-state index in [1.165, 1.54) is 0 Å². The SMILES string of the molecule is CC1CC[C@H](Oc2ccc(C#N)c(Cl)c2)C(C)(C)[C@H]1NC(=O)c1cnc(N2CCN(CC(=O)[N+]3=CC(O)C3)CC2)nc1. The summed E-state index contributed by atoms with van der Waals surface area (Å²) in [5.74, 6) is 1.15. The van der Waals surface area contributed by atoms with Gasteiger partial charge in [-0.25, -0.2) is 14.8 Å². The van der Waals surface area contributed by atoms with Gasteiger partial charge in [0.15, 0.2) is 18.9 Å². The van der Waals surface area contributed by atoms with Crippen molar-refractivity contribution in [1.82, 2.24) is 20.2 Å². The molecule has 0 spiro atoms. The van der Waals surface area contributed by atoms with Gasteiger partial charge in [-0.3, -0.25) is 9.69 Å². The van der Waals surface area contributed by atoms with Gasteiger partial charge < -0.3 is 20.1 Å². The van der Waals surface area contributed by atoms with Gasteiger partial charge >= 0.3 is 5.91 Å². The van der Waals surface area contributed by atoms with E-state index in [0.717, 1.165) is 12.8 Å². The standard InChI is InChI=1S/C30H36ClN7O4/c1-19-4-7-25(42-23-6-5-20(13-32)24(31)12-23)30(2,3)27(19)35-28(41)21-14-33-29(34-15-21)37-10-8-36(9-11-37)18-26(40)38-16-22(39)17-38/h5-6,12,14-16,19,22,25,27,39H,4,7-11,17-18H2,1-3H3/p+1/t19?,22?,25-,27-/m0/s1. The molecule has 2 aliphatic heterocycles. The molecular weight excluding hydrogens is 558 g/mol. The van der Waals surface area contributed by atoms with Gasteiger partial charge in [0.2, 0.25) is 5.95 Å². The number of aliphatic hydroxyl groups excluding tert-OH is 1. The third kappa shape index (κ3) is 6.41. The highest BCUT2D eigenvalue weighted by atomic mass is 35.5. The second-order valence-corrected chi connectivity index (χ2v) is 12.4. The highest BCUT2D eigenvalue weighted by molar-refractivity contribution is 6.31. The number of amides is 2. The molecule has 11 nitrogen and oxygen atoms in total. The molecule has 2 N–H and O–H groups in total. The number of aromatic nitrogens is 2. The first-order chi connectivity index (χ1) is 20.0. The number of ether oxygens (including phenoxy) is 1. The summed E-state index contributed by atoms with van der Waals surface area (Å²) in [6, 6.07) is 6.98. The number of aliphatic hydroxyl groups is 1. The molecule has 3 aliphatic rings. The van der Waals surface area contributed by atoms with Gasteiger partial charge in [0, 0.05) is 56.1 Å². The van der Waals surface area contributed by atoms with E-state index in [4.69, 9.17) is 21.6 Å². The quantitative estimate of drug-likeness (QED) is 0.462. The number of hydrogen-bond acceptors (Lipinski definition) is 9. The Kier molecular flexibility index (Phi) is 8.78. The van der Waals surface area contributed by atoms with E-state index in [0.29, 0.717) is 67.1 Å². The zero-order valence-corrected chi connectivity index (χ0v) is 24.9. The number of β-amino-alcohol motifs (C(OH)–C–C–N with tert-alkyl or cyclic N) is 1. The maximum atomic E-state index is 13.3. The molecule has 3 heterocycles. The molecule has 12 heteroatoms. The Hall–Kier alpha value is -3.59. The number of anilines is 1. The van der Waals surface area contributed by atoms with Crippen molar-refractivity contribution in [2.45, 2.75) is 51.9 Å². The van der Waals surface area contributed by atoms with Crippen LogP contribution in [0.4, 0.5) is 5.95 Å². The average molecular weight is 595 g/mol. The van der Waals surface area contributed by atoms with Crippen LogP contribution < -0.4 is 15.0 Å². The number of nitrogens with zero attached hydrogens (tertiary/aromatic N) is 6. The van der Waals surface area contributed by atoms with Crippen molar-refractivity contribution < 1.29 is 24.0 Å².